The quantitative estimate of drug-likeness (QED) is 0.466. The fourth-order valence-corrected chi connectivity index (χ4v) is 3.51. The minimum Gasteiger partial charge on any atom is -0.379 e. The van der Waals surface area contributed by atoms with Gasteiger partial charge in [0.15, 0.2) is 0 Å². The Labute approximate surface area is 146 Å². The highest BCUT2D eigenvalue weighted by atomic mass is 19.4. The standard InChI is InChI=1S/C16H29F3N4O2/c1-2-13-3-5-22(6-4-13)7-9-25-10-8-23(16(17,18)19)15(14(20)24)11-21-12-15/h13,21H,2-12H2,1H3,(H2,20,24). The van der Waals surface area contributed by atoms with E-state index in [2.05, 4.69) is 17.1 Å². The third-order valence-corrected chi connectivity index (χ3v) is 5.41. The van der Waals surface area contributed by atoms with Crippen LogP contribution in [-0.4, -0.2) is 80.0 Å². The Hall–Kier alpha value is -0.900. The Bertz CT molecular complexity index is 436. The molecule has 2 saturated heterocycles. The monoisotopic (exact) mass is 366 g/mol. The van der Waals surface area contributed by atoms with E-state index in [0.717, 1.165) is 25.6 Å². The normalized spacial score (nSPS) is 22.1. The zero-order valence-corrected chi connectivity index (χ0v) is 14.8. The number of ether oxygens (including phenoxy) is 1. The lowest BCUT2D eigenvalue weighted by Gasteiger charge is -2.48. The van der Waals surface area contributed by atoms with Gasteiger partial charge in [0.2, 0.25) is 5.91 Å². The van der Waals surface area contributed by atoms with Crippen molar-refractivity contribution in [1.82, 2.24) is 15.1 Å². The number of hydrogen-bond acceptors (Lipinski definition) is 5. The largest absolute Gasteiger partial charge is 0.461 e. The van der Waals surface area contributed by atoms with Gasteiger partial charge in [0.25, 0.3) is 0 Å². The van der Waals surface area contributed by atoms with Crippen LogP contribution in [0.5, 0.6) is 0 Å². The first-order valence-electron chi connectivity index (χ1n) is 8.95. The van der Waals surface area contributed by atoms with Gasteiger partial charge in [-0.15, -0.1) is 0 Å². The van der Waals surface area contributed by atoms with Gasteiger partial charge < -0.3 is 20.7 Å². The summed E-state index contributed by atoms with van der Waals surface area (Å²) in [5.74, 6) is -0.166. The van der Waals surface area contributed by atoms with Gasteiger partial charge in [-0.05, 0) is 31.8 Å². The van der Waals surface area contributed by atoms with Gasteiger partial charge in [0.1, 0.15) is 5.54 Å². The topological polar surface area (TPSA) is 70.8 Å². The first-order chi connectivity index (χ1) is 11.8. The molecule has 0 aliphatic carbocycles. The first-order valence-corrected chi connectivity index (χ1v) is 8.95. The molecule has 2 aliphatic rings. The summed E-state index contributed by atoms with van der Waals surface area (Å²) in [5.41, 5.74) is 3.52. The summed E-state index contributed by atoms with van der Waals surface area (Å²) >= 11 is 0. The molecule has 1 amide bonds. The van der Waals surface area contributed by atoms with E-state index < -0.39 is 24.3 Å². The van der Waals surface area contributed by atoms with Crippen molar-refractivity contribution in [3.05, 3.63) is 0 Å². The smallest absolute Gasteiger partial charge is 0.379 e. The van der Waals surface area contributed by atoms with E-state index >= 15 is 0 Å². The van der Waals surface area contributed by atoms with Gasteiger partial charge in [0.05, 0.1) is 13.2 Å². The van der Waals surface area contributed by atoms with Crippen LogP contribution in [-0.2, 0) is 9.53 Å². The number of nitrogens with zero attached hydrogens (tertiary/aromatic N) is 2. The molecular weight excluding hydrogens is 337 g/mol. The van der Waals surface area contributed by atoms with Crippen molar-refractivity contribution in [3.63, 3.8) is 0 Å². The highest BCUT2D eigenvalue weighted by Gasteiger charge is 2.57. The molecule has 2 fully saturated rings. The number of alkyl halides is 3. The molecule has 2 aliphatic heterocycles. The van der Waals surface area contributed by atoms with Crippen molar-refractivity contribution in [2.24, 2.45) is 11.7 Å². The molecule has 0 saturated carbocycles. The van der Waals surface area contributed by atoms with Gasteiger partial charge in [-0.2, -0.15) is 18.1 Å². The molecule has 0 bridgehead atoms. The molecule has 0 aromatic carbocycles. The Balaban J connectivity index is 1.72. The number of carbonyl (C=O) groups excluding carboxylic acids is 1. The van der Waals surface area contributed by atoms with E-state index in [1.807, 2.05) is 0 Å². The van der Waals surface area contributed by atoms with Crippen LogP contribution in [0.4, 0.5) is 13.2 Å². The summed E-state index contributed by atoms with van der Waals surface area (Å²) < 4.78 is 45.3. The van der Waals surface area contributed by atoms with Crippen LogP contribution in [0.15, 0.2) is 0 Å². The Morgan fingerprint density at radius 3 is 2.40 bits per heavy atom. The highest BCUT2D eigenvalue weighted by molar-refractivity contribution is 5.86. The summed E-state index contributed by atoms with van der Waals surface area (Å²) in [6.07, 6.45) is -1.07. The minimum atomic E-state index is -4.62. The van der Waals surface area contributed by atoms with Crippen molar-refractivity contribution >= 4 is 5.91 Å². The number of hydrogen-bond donors (Lipinski definition) is 2. The average Bonchev–Trinajstić information content (AvgIpc) is 2.51. The van der Waals surface area contributed by atoms with Gasteiger partial charge in [-0.3, -0.25) is 4.79 Å². The number of primary amides is 1. The van der Waals surface area contributed by atoms with E-state index in [9.17, 15) is 18.0 Å². The molecule has 0 unspecified atom stereocenters. The third-order valence-electron chi connectivity index (χ3n) is 5.41. The van der Waals surface area contributed by atoms with E-state index in [1.54, 1.807) is 0 Å². The SMILES string of the molecule is CCC1CCN(CCOCCN(C(F)(F)F)C2(C(N)=O)CNC2)CC1. The maximum absolute atomic E-state index is 13.3. The van der Waals surface area contributed by atoms with Gasteiger partial charge in [-0.1, -0.05) is 13.3 Å². The van der Waals surface area contributed by atoms with Crippen LogP contribution in [0.1, 0.15) is 26.2 Å². The molecule has 0 spiro atoms. The lowest BCUT2D eigenvalue weighted by molar-refractivity contribution is -0.281. The summed E-state index contributed by atoms with van der Waals surface area (Å²) in [6.45, 7) is 4.70. The van der Waals surface area contributed by atoms with Gasteiger partial charge in [0, 0.05) is 26.2 Å². The third kappa shape index (κ3) is 5.06. The second-order valence-electron chi connectivity index (χ2n) is 6.92. The molecule has 9 heteroatoms. The number of nitrogens with two attached hydrogens (primary N) is 1. The molecule has 0 radical (unpaired) electrons. The van der Waals surface area contributed by atoms with Crippen molar-refractivity contribution in [1.29, 1.82) is 0 Å². The first kappa shape index (κ1) is 20.4. The minimum absolute atomic E-state index is 0.0834. The van der Waals surface area contributed by atoms with Crippen molar-refractivity contribution in [2.75, 3.05) is 52.5 Å². The van der Waals surface area contributed by atoms with Crippen LogP contribution in [0.3, 0.4) is 0 Å². The second-order valence-corrected chi connectivity index (χ2v) is 6.92. The lowest BCUT2D eigenvalue weighted by atomic mass is 9.89. The molecule has 6 nitrogen and oxygen atoms in total. The zero-order chi connectivity index (χ0) is 18.5. The zero-order valence-electron chi connectivity index (χ0n) is 14.8. The molecule has 0 aromatic heterocycles. The molecule has 146 valence electrons. The maximum Gasteiger partial charge on any atom is 0.461 e. The van der Waals surface area contributed by atoms with E-state index in [-0.39, 0.29) is 24.6 Å². The van der Waals surface area contributed by atoms with Gasteiger partial charge >= 0.3 is 6.30 Å². The van der Waals surface area contributed by atoms with Crippen LogP contribution in [0.25, 0.3) is 0 Å². The van der Waals surface area contributed by atoms with E-state index in [0.29, 0.717) is 6.61 Å². The summed E-state index contributed by atoms with van der Waals surface area (Å²) in [5, 5.41) is 2.70. The van der Waals surface area contributed by atoms with E-state index in [4.69, 9.17) is 10.5 Å². The molecule has 25 heavy (non-hydrogen) atoms. The fraction of sp³-hybridized carbons (Fsp3) is 0.938. The molecule has 2 rings (SSSR count). The van der Waals surface area contributed by atoms with Gasteiger partial charge in [-0.25, -0.2) is 0 Å². The highest BCUT2D eigenvalue weighted by Crippen LogP contribution is 2.32. The number of halogens is 3. The van der Waals surface area contributed by atoms with Crippen molar-refractivity contribution < 1.29 is 22.7 Å². The molecular formula is C16H29F3N4O2. The average molecular weight is 366 g/mol. The predicted octanol–water partition coefficient (Wildman–Crippen LogP) is 0.774. The number of rotatable bonds is 9. The Morgan fingerprint density at radius 1 is 1.32 bits per heavy atom. The van der Waals surface area contributed by atoms with Crippen molar-refractivity contribution in [2.45, 2.75) is 38.0 Å². The number of piperidine rings is 1. The number of amides is 1. The predicted molar refractivity (Wildman–Crippen MR) is 87.8 cm³/mol. The maximum atomic E-state index is 13.3. The second kappa shape index (κ2) is 8.66. The molecule has 3 N–H and O–H groups in total. The number of carbonyl (C=O) groups is 1. The van der Waals surface area contributed by atoms with Crippen molar-refractivity contribution in [3.8, 4) is 0 Å². The van der Waals surface area contributed by atoms with Crippen LogP contribution in [0.2, 0.25) is 0 Å². The van der Waals surface area contributed by atoms with Crippen LogP contribution < -0.4 is 11.1 Å². The molecule has 0 atom stereocenters. The fourth-order valence-electron chi connectivity index (χ4n) is 3.51. The van der Waals surface area contributed by atoms with Crippen LogP contribution >= 0.6 is 0 Å². The Kier molecular flexibility index (Phi) is 7.07. The number of nitrogens with one attached hydrogen (secondary N) is 1. The summed E-state index contributed by atoms with van der Waals surface area (Å²) in [6, 6.07) is 0. The van der Waals surface area contributed by atoms with Crippen LogP contribution in [0, 0.1) is 5.92 Å². The molecule has 0 aromatic rings. The summed E-state index contributed by atoms with van der Waals surface area (Å²) in [7, 11) is 0. The van der Waals surface area contributed by atoms with E-state index in [1.165, 1.54) is 19.3 Å². The summed E-state index contributed by atoms with van der Waals surface area (Å²) in [4.78, 5) is 14.0. The lowest BCUT2D eigenvalue weighted by Crippen LogP contribution is -2.77. The molecule has 2 heterocycles. The number of likely N-dealkylation sites (tertiary alicyclic amines) is 1. The Morgan fingerprint density at radius 2 is 1.96 bits per heavy atom.